The summed E-state index contributed by atoms with van der Waals surface area (Å²) in [4.78, 5) is 27.8. The van der Waals surface area contributed by atoms with Crippen molar-refractivity contribution in [3.63, 3.8) is 0 Å². The maximum atomic E-state index is 12.4. The molecule has 1 heterocycles. The summed E-state index contributed by atoms with van der Waals surface area (Å²) in [6.07, 6.45) is 2.01. The van der Waals surface area contributed by atoms with Gasteiger partial charge in [-0.1, -0.05) is 18.5 Å². The van der Waals surface area contributed by atoms with Crippen LogP contribution in [0.1, 0.15) is 37.6 Å². The number of pyridine rings is 1. The lowest BCUT2D eigenvalue weighted by Gasteiger charge is -2.34. The Balaban J connectivity index is 3.28. The van der Waals surface area contributed by atoms with Gasteiger partial charge in [-0.25, -0.2) is 4.98 Å². The van der Waals surface area contributed by atoms with Crippen LogP contribution in [0.3, 0.4) is 0 Å². The molecule has 0 saturated heterocycles. The summed E-state index contributed by atoms with van der Waals surface area (Å²) in [6.45, 7) is 5.72. The first-order valence-corrected chi connectivity index (χ1v) is 6.17. The number of carbonyl (C=O) groups excluding carboxylic acids is 1. The van der Waals surface area contributed by atoms with Crippen molar-refractivity contribution in [3.8, 4) is 0 Å². The van der Waals surface area contributed by atoms with E-state index in [1.165, 1.54) is 17.2 Å². The smallest absolute Gasteiger partial charge is 0.319 e. The van der Waals surface area contributed by atoms with E-state index in [1.54, 1.807) is 7.05 Å². The van der Waals surface area contributed by atoms with Crippen LogP contribution in [0.2, 0.25) is 5.15 Å². The molecule has 0 aliphatic heterocycles. The van der Waals surface area contributed by atoms with Crippen molar-refractivity contribution >= 4 is 23.2 Å². The minimum Gasteiger partial charge on any atom is -0.336 e. The van der Waals surface area contributed by atoms with Gasteiger partial charge in [0.25, 0.3) is 5.91 Å². The molecule has 104 valence electrons. The molecule has 1 rings (SSSR count). The Morgan fingerprint density at radius 1 is 1.58 bits per heavy atom. The lowest BCUT2D eigenvalue weighted by Crippen LogP contribution is -2.44. The molecule has 0 aliphatic carbocycles. The maximum Gasteiger partial charge on any atom is 0.319 e. The van der Waals surface area contributed by atoms with E-state index in [0.717, 1.165) is 6.42 Å². The molecular formula is C12H16ClN3O3. The Hall–Kier alpha value is -1.69. The van der Waals surface area contributed by atoms with Gasteiger partial charge in [-0.2, -0.15) is 0 Å². The number of rotatable bonds is 4. The van der Waals surface area contributed by atoms with E-state index in [-0.39, 0.29) is 10.7 Å². The average molecular weight is 286 g/mol. The third-order valence-corrected chi connectivity index (χ3v) is 3.65. The van der Waals surface area contributed by atoms with Crippen LogP contribution in [0.15, 0.2) is 12.3 Å². The molecule has 0 bridgehead atoms. The van der Waals surface area contributed by atoms with Crippen LogP contribution in [0, 0.1) is 10.1 Å². The first kappa shape index (κ1) is 15.4. The maximum absolute atomic E-state index is 12.4. The van der Waals surface area contributed by atoms with Gasteiger partial charge in [-0.05, 0) is 26.3 Å². The number of amides is 1. The summed E-state index contributed by atoms with van der Waals surface area (Å²) >= 11 is 5.70. The lowest BCUT2D eigenvalue weighted by molar-refractivity contribution is -0.385. The first-order chi connectivity index (χ1) is 8.72. The van der Waals surface area contributed by atoms with Crippen molar-refractivity contribution in [2.45, 2.75) is 32.7 Å². The molecule has 0 unspecified atom stereocenters. The van der Waals surface area contributed by atoms with Gasteiger partial charge in [0.15, 0.2) is 0 Å². The Kier molecular flexibility index (Phi) is 4.47. The zero-order chi connectivity index (χ0) is 14.8. The number of nitrogens with zero attached hydrogens (tertiary/aromatic N) is 3. The highest BCUT2D eigenvalue weighted by atomic mass is 35.5. The number of carbonyl (C=O) groups is 1. The van der Waals surface area contributed by atoms with Crippen molar-refractivity contribution in [1.29, 1.82) is 0 Å². The SMILES string of the molecule is CCC(C)(C)N(C)C(=O)c1ccnc(Cl)c1[N+](=O)[O-]. The van der Waals surface area contributed by atoms with Gasteiger partial charge < -0.3 is 4.90 Å². The third kappa shape index (κ3) is 3.01. The molecule has 1 aromatic heterocycles. The largest absolute Gasteiger partial charge is 0.336 e. The second-order valence-corrected chi connectivity index (χ2v) is 5.14. The molecule has 1 amide bonds. The van der Waals surface area contributed by atoms with Gasteiger partial charge in [0.1, 0.15) is 5.56 Å². The summed E-state index contributed by atoms with van der Waals surface area (Å²) in [5, 5.41) is 10.7. The number of hydrogen-bond acceptors (Lipinski definition) is 4. The summed E-state index contributed by atoms with van der Waals surface area (Å²) in [5.74, 6) is -0.442. The van der Waals surface area contributed by atoms with Crippen LogP contribution in [0.4, 0.5) is 5.69 Å². The fourth-order valence-corrected chi connectivity index (χ4v) is 1.69. The summed E-state index contributed by atoms with van der Waals surface area (Å²) in [5.41, 5.74) is -0.900. The molecular weight excluding hydrogens is 270 g/mol. The van der Waals surface area contributed by atoms with Crippen LogP contribution in [-0.4, -0.2) is 33.3 Å². The topological polar surface area (TPSA) is 76.3 Å². The van der Waals surface area contributed by atoms with Gasteiger partial charge in [0.05, 0.1) is 4.92 Å². The van der Waals surface area contributed by atoms with E-state index in [4.69, 9.17) is 11.6 Å². The van der Waals surface area contributed by atoms with E-state index >= 15 is 0 Å². The molecule has 0 radical (unpaired) electrons. The molecule has 0 atom stereocenters. The quantitative estimate of drug-likeness (QED) is 0.484. The van der Waals surface area contributed by atoms with E-state index in [0.29, 0.717) is 0 Å². The highest BCUT2D eigenvalue weighted by Crippen LogP contribution is 2.29. The van der Waals surface area contributed by atoms with E-state index < -0.39 is 22.1 Å². The summed E-state index contributed by atoms with van der Waals surface area (Å²) in [6, 6.07) is 1.31. The van der Waals surface area contributed by atoms with Gasteiger partial charge in [-0.15, -0.1) is 0 Å². The number of nitro groups is 1. The Morgan fingerprint density at radius 3 is 2.63 bits per heavy atom. The molecule has 7 heteroatoms. The molecule has 1 aromatic rings. The third-order valence-electron chi connectivity index (χ3n) is 3.37. The monoisotopic (exact) mass is 285 g/mol. The molecule has 0 spiro atoms. The van der Waals surface area contributed by atoms with Crippen molar-refractivity contribution in [3.05, 3.63) is 33.1 Å². The van der Waals surface area contributed by atoms with E-state index in [9.17, 15) is 14.9 Å². The van der Waals surface area contributed by atoms with Crippen LogP contribution in [0.5, 0.6) is 0 Å². The summed E-state index contributed by atoms with van der Waals surface area (Å²) < 4.78 is 0. The molecule has 19 heavy (non-hydrogen) atoms. The normalized spacial score (nSPS) is 11.2. The van der Waals surface area contributed by atoms with Gasteiger partial charge in [0, 0.05) is 18.8 Å². The number of halogens is 1. The zero-order valence-corrected chi connectivity index (χ0v) is 12.1. The summed E-state index contributed by atoms with van der Waals surface area (Å²) in [7, 11) is 1.61. The fourth-order valence-electron chi connectivity index (χ4n) is 1.47. The van der Waals surface area contributed by atoms with Crippen LogP contribution in [-0.2, 0) is 0 Å². The Labute approximate surface area is 116 Å². The molecule has 0 fully saturated rings. The van der Waals surface area contributed by atoms with E-state index in [2.05, 4.69) is 4.98 Å². The van der Waals surface area contributed by atoms with Crippen LogP contribution >= 0.6 is 11.6 Å². The highest BCUT2D eigenvalue weighted by Gasteiger charge is 2.32. The van der Waals surface area contributed by atoms with Crippen molar-refractivity contribution < 1.29 is 9.72 Å². The van der Waals surface area contributed by atoms with Gasteiger partial charge in [0.2, 0.25) is 5.15 Å². The number of hydrogen-bond donors (Lipinski definition) is 0. The lowest BCUT2D eigenvalue weighted by atomic mass is 9.99. The number of aromatic nitrogens is 1. The standard InChI is InChI=1S/C12H16ClN3O3/c1-5-12(2,3)15(4)11(17)8-6-7-14-10(13)9(8)16(18)19/h6-7H,5H2,1-4H3. The van der Waals surface area contributed by atoms with Crippen LogP contribution in [0.25, 0.3) is 0 Å². The molecule has 0 aliphatic rings. The molecule has 0 aromatic carbocycles. The zero-order valence-electron chi connectivity index (χ0n) is 11.3. The average Bonchev–Trinajstić information content (AvgIpc) is 2.36. The molecule has 0 saturated carbocycles. The first-order valence-electron chi connectivity index (χ1n) is 5.79. The highest BCUT2D eigenvalue weighted by molar-refractivity contribution is 6.32. The van der Waals surface area contributed by atoms with Crippen LogP contribution < -0.4 is 0 Å². The van der Waals surface area contributed by atoms with E-state index in [1.807, 2.05) is 20.8 Å². The van der Waals surface area contributed by atoms with Gasteiger partial charge >= 0.3 is 5.69 Å². The predicted octanol–water partition coefficient (Wildman–Crippen LogP) is 2.90. The second kappa shape index (κ2) is 5.52. The predicted molar refractivity (Wildman–Crippen MR) is 72.4 cm³/mol. The minimum atomic E-state index is -0.685. The molecule has 0 N–H and O–H groups in total. The van der Waals surface area contributed by atoms with Gasteiger partial charge in [-0.3, -0.25) is 14.9 Å². The van der Waals surface area contributed by atoms with Crippen molar-refractivity contribution in [1.82, 2.24) is 9.88 Å². The Bertz CT molecular complexity index is 517. The Morgan fingerprint density at radius 2 is 2.16 bits per heavy atom. The van der Waals surface area contributed by atoms with Crippen molar-refractivity contribution in [2.24, 2.45) is 0 Å². The second-order valence-electron chi connectivity index (χ2n) is 4.79. The fraction of sp³-hybridized carbons (Fsp3) is 0.500. The minimum absolute atomic E-state index is 0.0472. The molecule has 6 nitrogen and oxygen atoms in total. The van der Waals surface area contributed by atoms with Crippen molar-refractivity contribution in [2.75, 3.05) is 7.05 Å².